The third-order valence-electron chi connectivity index (χ3n) is 3.75. The Balaban J connectivity index is 1.91. The Kier molecular flexibility index (Phi) is 4.30. The lowest BCUT2D eigenvalue weighted by molar-refractivity contribution is -0.383. The normalized spacial score (nSPS) is 15.0. The number of nitrogens with two attached hydrogens (primary N) is 1. The number of carbonyl (C=O) groups is 2. The van der Waals surface area contributed by atoms with E-state index in [2.05, 4.69) is 5.32 Å². The highest BCUT2D eigenvalue weighted by Gasteiger charge is 2.51. The summed E-state index contributed by atoms with van der Waals surface area (Å²) in [5.74, 6) is -0.587. The summed E-state index contributed by atoms with van der Waals surface area (Å²) < 4.78 is 4.71. The molecule has 118 valence electrons. The van der Waals surface area contributed by atoms with Crippen LogP contribution in [0.15, 0.2) is 18.2 Å². The number of nitro benzene ring substituents is 1. The minimum absolute atomic E-state index is 0.0172. The van der Waals surface area contributed by atoms with Gasteiger partial charge in [0.25, 0.3) is 5.69 Å². The first kappa shape index (κ1) is 15.7. The highest BCUT2D eigenvalue weighted by Crippen LogP contribution is 2.46. The van der Waals surface area contributed by atoms with Crippen LogP contribution < -0.4 is 11.1 Å². The van der Waals surface area contributed by atoms with Gasteiger partial charge >= 0.3 is 5.97 Å². The second-order valence-corrected chi connectivity index (χ2v) is 5.38. The van der Waals surface area contributed by atoms with Gasteiger partial charge in [0.2, 0.25) is 5.91 Å². The summed E-state index contributed by atoms with van der Waals surface area (Å²) in [6.45, 7) is 0.237. The molecule has 0 radical (unpaired) electrons. The minimum Gasteiger partial charge on any atom is -0.469 e. The lowest BCUT2D eigenvalue weighted by atomic mass is 10.1. The molecule has 1 amide bonds. The summed E-state index contributed by atoms with van der Waals surface area (Å²) in [5, 5.41) is 13.4. The van der Waals surface area contributed by atoms with Gasteiger partial charge in [0, 0.05) is 12.6 Å². The number of nitro groups is 1. The van der Waals surface area contributed by atoms with E-state index < -0.39 is 10.3 Å². The Morgan fingerprint density at radius 1 is 1.45 bits per heavy atom. The molecular weight excluding hydrogens is 290 g/mol. The quantitative estimate of drug-likeness (QED) is 0.346. The number of amides is 1. The van der Waals surface area contributed by atoms with Gasteiger partial charge in [-0.1, -0.05) is 6.07 Å². The Labute approximate surface area is 126 Å². The van der Waals surface area contributed by atoms with E-state index in [-0.39, 0.29) is 36.2 Å². The molecule has 0 atom stereocenters. The smallest absolute Gasteiger partial charge is 0.313 e. The van der Waals surface area contributed by atoms with Gasteiger partial charge in [0.15, 0.2) is 0 Å². The topological polar surface area (TPSA) is 125 Å². The van der Waals surface area contributed by atoms with Crippen molar-refractivity contribution in [3.05, 3.63) is 33.9 Å². The van der Waals surface area contributed by atoms with Crippen LogP contribution in [0.3, 0.4) is 0 Å². The molecule has 1 fully saturated rings. The van der Waals surface area contributed by atoms with Crippen LogP contribution in [0.5, 0.6) is 0 Å². The number of hydrogen-bond donors (Lipinski definition) is 2. The largest absolute Gasteiger partial charge is 0.469 e. The van der Waals surface area contributed by atoms with Crippen molar-refractivity contribution in [1.82, 2.24) is 5.32 Å². The molecule has 1 aliphatic rings. The van der Waals surface area contributed by atoms with E-state index in [1.165, 1.54) is 25.3 Å². The number of nitrogens with one attached hydrogen (secondary N) is 1. The van der Waals surface area contributed by atoms with Gasteiger partial charge in [-0.05, 0) is 24.5 Å². The van der Waals surface area contributed by atoms with E-state index in [0.29, 0.717) is 18.4 Å². The summed E-state index contributed by atoms with van der Waals surface area (Å²) in [5.41, 5.74) is 5.39. The highest BCUT2D eigenvalue weighted by atomic mass is 16.6. The molecule has 0 aromatic heterocycles. The third kappa shape index (κ3) is 3.33. The predicted molar refractivity (Wildman–Crippen MR) is 77.9 cm³/mol. The van der Waals surface area contributed by atoms with Crippen LogP contribution in [-0.2, 0) is 20.7 Å². The van der Waals surface area contributed by atoms with Crippen LogP contribution in [0.4, 0.5) is 11.4 Å². The van der Waals surface area contributed by atoms with Crippen LogP contribution >= 0.6 is 0 Å². The van der Waals surface area contributed by atoms with E-state index in [9.17, 15) is 19.7 Å². The van der Waals surface area contributed by atoms with Crippen molar-refractivity contribution in [2.24, 2.45) is 5.41 Å². The number of ether oxygens (including phenoxy) is 1. The van der Waals surface area contributed by atoms with Crippen molar-refractivity contribution >= 4 is 23.3 Å². The standard InChI is InChI=1S/C14H17N3O5/c1-22-13(19)14(4-5-14)8-16-12(18)7-9-2-3-11(17(20)21)10(15)6-9/h2-3,6H,4-5,7-8,15H2,1H3,(H,16,18). The number of esters is 1. The summed E-state index contributed by atoms with van der Waals surface area (Å²) >= 11 is 0. The zero-order valence-electron chi connectivity index (χ0n) is 12.1. The SMILES string of the molecule is COC(=O)C1(CNC(=O)Cc2ccc([N+](=O)[O-])c(N)c2)CC1. The van der Waals surface area contributed by atoms with E-state index >= 15 is 0 Å². The first-order valence-electron chi connectivity index (χ1n) is 6.76. The maximum atomic E-state index is 11.9. The van der Waals surface area contributed by atoms with Crippen LogP contribution in [0, 0.1) is 15.5 Å². The van der Waals surface area contributed by atoms with E-state index in [1.54, 1.807) is 0 Å². The Morgan fingerprint density at radius 2 is 2.14 bits per heavy atom. The first-order chi connectivity index (χ1) is 10.4. The molecule has 1 aliphatic carbocycles. The third-order valence-corrected chi connectivity index (χ3v) is 3.75. The number of carbonyl (C=O) groups excluding carboxylic acids is 2. The number of hydrogen-bond acceptors (Lipinski definition) is 6. The number of nitrogen functional groups attached to an aromatic ring is 1. The number of rotatable bonds is 6. The van der Waals surface area contributed by atoms with Gasteiger partial charge in [-0.25, -0.2) is 0 Å². The fraction of sp³-hybridized carbons (Fsp3) is 0.429. The zero-order chi connectivity index (χ0) is 16.3. The Hall–Kier alpha value is -2.64. The second kappa shape index (κ2) is 6.00. The molecule has 0 spiro atoms. The zero-order valence-corrected chi connectivity index (χ0v) is 12.1. The van der Waals surface area contributed by atoms with Gasteiger partial charge in [0.1, 0.15) is 5.69 Å². The van der Waals surface area contributed by atoms with Gasteiger partial charge in [-0.2, -0.15) is 0 Å². The summed E-state index contributed by atoms with van der Waals surface area (Å²) in [6, 6.07) is 4.17. The predicted octanol–water partition coefficient (Wildman–Crippen LogP) is 0.789. The number of methoxy groups -OCH3 is 1. The number of nitrogens with zero attached hydrogens (tertiary/aromatic N) is 1. The molecule has 1 saturated carbocycles. The molecule has 3 N–H and O–H groups in total. The Morgan fingerprint density at radius 3 is 2.64 bits per heavy atom. The lowest BCUT2D eigenvalue weighted by Gasteiger charge is -2.13. The lowest BCUT2D eigenvalue weighted by Crippen LogP contribution is -2.35. The molecule has 0 aliphatic heterocycles. The summed E-state index contributed by atoms with van der Waals surface area (Å²) in [4.78, 5) is 33.5. The van der Waals surface area contributed by atoms with Crippen LogP contribution in [0.1, 0.15) is 18.4 Å². The molecule has 0 heterocycles. The average molecular weight is 307 g/mol. The van der Waals surface area contributed by atoms with E-state index in [0.717, 1.165) is 0 Å². The second-order valence-electron chi connectivity index (χ2n) is 5.38. The Bertz CT molecular complexity index is 625. The molecular formula is C14H17N3O5. The molecule has 0 saturated heterocycles. The van der Waals surface area contributed by atoms with E-state index in [4.69, 9.17) is 10.5 Å². The summed E-state index contributed by atoms with van der Waals surface area (Å²) in [7, 11) is 1.32. The number of anilines is 1. The minimum atomic E-state index is -0.584. The fourth-order valence-electron chi connectivity index (χ4n) is 2.22. The van der Waals surface area contributed by atoms with Gasteiger partial charge in [-0.3, -0.25) is 19.7 Å². The maximum Gasteiger partial charge on any atom is 0.313 e. The van der Waals surface area contributed by atoms with Crippen molar-refractivity contribution in [2.45, 2.75) is 19.3 Å². The van der Waals surface area contributed by atoms with Crippen molar-refractivity contribution in [2.75, 3.05) is 19.4 Å². The van der Waals surface area contributed by atoms with Gasteiger partial charge in [0.05, 0.1) is 23.9 Å². The fourth-order valence-corrected chi connectivity index (χ4v) is 2.22. The van der Waals surface area contributed by atoms with Crippen molar-refractivity contribution in [3.8, 4) is 0 Å². The highest BCUT2D eigenvalue weighted by molar-refractivity contribution is 5.83. The maximum absolute atomic E-state index is 11.9. The van der Waals surface area contributed by atoms with Crippen LogP contribution in [0.25, 0.3) is 0 Å². The molecule has 8 nitrogen and oxygen atoms in total. The molecule has 8 heteroatoms. The van der Waals surface area contributed by atoms with Crippen LogP contribution in [0.2, 0.25) is 0 Å². The summed E-state index contributed by atoms with van der Waals surface area (Å²) in [6.07, 6.45) is 1.44. The number of benzene rings is 1. The monoisotopic (exact) mass is 307 g/mol. The van der Waals surface area contributed by atoms with E-state index in [1.807, 2.05) is 0 Å². The van der Waals surface area contributed by atoms with Crippen molar-refractivity contribution in [3.63, 3.8) is 0 Å². The molecule has 22 heavy (non-hydrogen) atoms. The van der Waals surface area contributed by atoms with Crippen LogP contribution in [-0.4, -0.2) is 30.5 Å². The van der Waals surface area contributed by atoms with Crippen molar-refractivity contribution < 1.29 is 19.2 Å². The van der Waals surface area contributed by atoms with Crippen molar-refractivity contribution in [1.29, 1.82) is 0 Å². The molecule has 2 rings (SSSR count). The van der Waals surface area contributed by atoms with Gasteiger partial charge < -0.3 is 15.8 Å². The molecule has 0 bridgehead atoms. The average Bonchev–Trinajstić information content (AvgIpc) is 3.25. The molecule has 1 aromatic carbocycles. The van der Waals surface area contributed by atoms with Gasteiger partial charge in [-0.15, -0.1) is 0 Å². The first-order valence-corrected chi connectivity index (χ1v) is 6.76. The molecule has 1 aromatic rings. The molecule has 0 unspecified atom stereocenters.